The Labute approximate surface area is 83.4 Å². The number of aryl methyl sites for hydroxylation is 1. The maximum atomic E-state index is 4.30. The summed E-state index contributed by atoms with van der Waals surface area (Å²) in [6.45, 7) is 2.43. The molecule has 2 rings (SSSR count). The van der Waals surface area contributed by atoms with Crippen LogP contribution in [-0.2, 0) is 6.42 Å². The molecule has 0 aliphatic carbocycles. The van der Waals surface area contributed by atoms with Gasteiger partial charge in [-0.05, 0) is 44.7 Å². The molecule has 1 aliphatic rings. The van der Waals surface area contributed by atoms with Gasteiger partial charge in [0.15, 0.2) is 0 Å². The van der Waals surface area contributed by atoms with Gasteiger partial charge in [0, 0.05) is 11.6 Å². The summed E-state index contributed by atoms with van der Waals surface area (Å²) in [4.78, 5) is 4.30. The van der Waals surface area contributed by atoms with Crippen LogP contribution >= 0.6 is 11.3 Å². The maximum Gasteiger partial charge on any atom is 0.0924 e. The van der Waals surface area contributed by atoms with Crippen molar-refractivity contribution in [3.05, 3.63) is 16.6 Å². The third-order valence-corrected chi connectivity index (χ3v) is 3.49. The van der Waals surface area contributed by atoms with Crippen molar-refractivity contribution in [3.8, 4) is 0 Å². The summed E-state index contributed by atoms with van der Waals surface area (Å²) in [5.74, 6) is 0.887. The van der Waals surface area contributed by atoms with Gasteiger partial charge in [0.1, 0.15) is 0 Å². The Hall–Kier alpha value is -0.410. The van der Waals surface area contributed by atoms with Gasteiger partial charge in [0.05, 0.1) is 5.01 Å². The Kier molecular flexibility index (Phi) is 3.33. The number of piperidine rings is 1. The van der Waals surface area contributed by atoms with Gasteiger partial charge in [0.25, 0.3) is 0 Å². The van der Waals surface area contributed by atoms with E-state index in [-0.39, 0.29) is 0 Å². The molecule has 1 aromatic heterocycles. The number of thiazole rings is 1. The van der Waals surface area contributed by atoms with E-state index in [1.165, 1.54) is 43.8 Å². The second-order valence-electron chi connectivity index (χ2n) is 3.68. The molecule has 0 saturated carbocycles. The van der Waals surface area contributed by atoms with Gasteiger partial charge in [-0.25, -0.2) is 4.98 Å². The van der Waals surface area contributed by atoms with Gasteiger partial charge in [-0.15, -0.1) is 11.3 Å². The van der Waals surface area contributed by atoms with E-state index < -0.39 is 0 Å². The molecule has 0 amide bonds. The van der Waals surface area contributed by atoms with Crippen LogP contribution < -0.4 is 5.32 Å². The van der Waals surface area contributed by atoms with Gasteiger partial charge >= 0.3 is 0 Å². The minimum atomic E-state index is 0.887. The van der Waals surface area contributed by atoms with E-state index in [4.69, 9.17) is 0 Å². The van der Waals surface area contributed by atoms with Gasteiger partial charge in [-0.2, -0.15) is 0 Å². The minimum Gasteiger partial charge on any atom is -0.316 e. The summed E-state index contributed by atoms with van der Waals surface area (Å²) in [7, 11) is 0. The maximum absolute atomic E-state index is 4.30. The average molecular weight is 196 g/mol. The van der Waals surface area contributed by atoms with E-state index in [1.54, 1.807) is 11.3 Å². The Bertz CT molecular complexity index is 227. The molecule has 1 N–H and O–H groups in total. The van der Waals surface area contributed by atoms with Crippen molar-refractivity contribution in [3.63, 3.8) is 0 Å². The zero-order valence-corrected chi connectivity index (χ0v) is 8.65. The fourth-order valence-electron chi connectivity index (χ4n) is 1.87. The molecular weight excluding hydrogens is 180 g/mol. The number of nitrogens with one attached hydrogen (secondary N) is 1. The molecule has 1 unspecified atom stereocenters. The zero-order valence-electron chi connectivity index (χ0n) is 7.83. The van der Waals surface area contributed by atoms with Gasteiger partial charge in [-0.1, -0.05) is 0 Å². The first kappa shape index (κ1) is 9.16. The van der Waals surface area contributed by atoms with Crippen LogP contribution in [0, 0.1) is 5.92 Å². The van der Waals surface area contributed by atoms with Gasteiger partial charge < -0.3 is 5.32 Å². The molecule has 1 atom stereocenters. The highest BCUT2D eigenvalue weighted by atomic mass is 32.1. The Balaban J connectivity index is 1.72. The first-order valence-corrected chi connectivity index (χ1v) is 5.92. The highest BCUT2D eigenvalue weighted by molar-refractivity contribution is 7.09. The van der Waals surface area contributed by atoms with Crippen molar-refractivity contribution in [2.24, 2.45) is 5.92 Å². The SMILES string of the molecule is c1csc(CCC2CCCNC2)n1. The predicted molar refractivity (Wildman–Crippen MR) is 56.0 cm³/mol. The first-order valence-electron chi connectivity index (χ1n) is 5.04. The van der Waals surface area contributed by atoms with E-state index in [0.29, 0.717) is 0 Å². The average Bonchev–Trinajstić information content (AvgIpc) is 2.69. The number of aromatic nitrogens is 1. The van der Waals surface area contributed by atoms with E-state index >= 15 is 0 Å². The van der Waals surface area contributed by atoms with E-state index in [2.05, 4.69) is 15.7 Å². The standard InChI is InChI=1S/C10H16N2S/c1-2-9(8-11-5-1)3-4-10-12-6-7-13-10/h6-7,9,11H,1-5,8H2. The summed E-state index contributed by atoms with van der Waals surface area (Å²) >= 11 is 1.78. The first-order chi connectivity index (χ1) is 6.45. The Morgan fingerprint density at radius 1 is 1.62 bits per heavy atom. The molecular formula is C10H16N2S. The second-order valence-corrected chi connectivity index (χ2v) is 4.66. The van der Waals surface area contributed by atoms with Crippen LogP contribution in [0.4, 0.5) is 0 Å². The van der Waals surface area contributed by atoms with Crippen LogP contribution in [0.2, 0.25) is 0 Å². The third kappa shape index (κ3) is 2.78. The second kappa shape index (κ2) is 4.72. The van der Waals surface area contributed by atoms with Crippen LogP contribution in [-0.4, -0.2) is 18.1 Å². The molecule has 0 bridgehead atoms. The lowest BCUT2D eigenvalue weighted by Crippen LogP contribution is -2.29. The summed E-state index contributed by atoms with van der Waals surface area (Å²) in [5.41, 5.74) is 0. The predicted octanol–water partition coefficient (Wildman–Crippen LogP) is 2.08. The summed E-state index contributed by atoms with van der Waals surface area (Å²) in [6.07, 6.45) is 7.13. The molecule has 2 heterocycles. The van der Waals surface area contributed by atoms with E-state index in [0.717, 1.165) is 5.92 Å². The molecule has 1 saturated heterocycles. The lowest BCUT2D eigenvalue weighted by molar-refractivity contribution is 0.358. The fraction of sp³-hybridized carbons (Fsp3) is 0.700. The largest absolute Gasteiger partial charge is 0.316 e. The van der Waals surface area contributed by atoms with Crippen LogP contribution in [0.15, 0.2) is 11.6 Å². The van der Waals surface area contributed by atoms with Crippen molar-refractivity contribution in [2.75, 3.05) is 13.1 Å². The smallest absolute Gasteiger partial charge is 0.0924 e. The number of hydrogen-bond donors (Lipinski definition) is 1. The lowest BCUT2D eigenvalue weighted by Gasteiger charge is -2.21. The van der Waals surface area contributed by atoms with Crippen LogP contribution in [0.25, 0.3) is 0 Å². The monoisotopic (exact) mass is 196 g/mol. The Morgan fingerprint density at radius 3 is 3.31 bits per heavy atom. The fourth-order valence-corrected chi connectivity index (χ4v) is 2.51. The number of rotatable bonds is 3. The summed E-state index contributed by atoms with van der Waals surface area (Å²) < 4.78 is 0. The number of nitrogens with zero attached hydrogens (tertiary/aromatic N) is 1. The molecule has 0 spiro atoms. The quantitative estimate of drug-likeness (QED) is 0.800. The third-order valence-electron chi connectivity index (χ3n) is 2.65. The van der Waals surface area contributed by atoms with Crippen molar-refractivity contribution >= 4 is 11.3 Å². The van der Waals surface area contributed by atoms with E-state index in [9.17, 15) is 0 Å². The molecule has 1 aromatic rings. The highest BCUT2D eigenvalue weighted by Gasteiger charge is 2.12. The molecule has 0 aromatic carbocycles. The molecule has 1 fully saturated rings. The highest BCUT2D eigenvalue weighted by Crippen LogP contribution is 2.17. The van der Waals surface area contributed by atoms with Crippen molar-refractivity contribution < 1.29 is 0 Å². The summed E-state index contributed by atoms with van der Waals surface area (Å²) in [6, 6.07) is 0. The minimum absolute atomic E-state index is 0.887. The topological polar surface area (TPSA) is 24.9 Å². The molecule has 1 aliphatic heterocycles. The lowest BCUT2D eigenvalue weighted by atomic mass is 9.95. The zero-order chi connectivity index (χ0) is 8.93. The molecule has 72 valence electrons. The van der Waals surface area contributed by atoms with Crippen molar-refractivity contribution in [2.45, 2.75) is 25.7 Å². The van der Waals surface area contributed by atoms with Crippen LogP contribution in [0.1, 0.15) is 24.3 Å². The van der Waals surface area contributed by atoms with Crippen molar-refractivity contribution in [1.82, 2.24) is 10.3 Å². The molecule has 3 heteroatoms. The van der Waals surface area contributed by atoms with Crippen LogP contribution in [0.3, 0.4) is 0 Å². The summed E-state index contributed by atoms with van der Waals surface area (Å²) in [5, 5.41) is 6.81. The van der Waals surface area contributed by atoms with Crippen molar-refractivity contribution in [1.29, 1.82) is 0 Å². The number of hydrogen-bond acceptors (Lipinski definition) is 3. The van der Waals surface area contributed by atoms with Gasteiger partial charge in [-0.3, -0.25) is 0 Å². The van der Waals surface area contributed by atoms with Crippen LogP contribution in [0.5, 0.6) is 0 Å². The molecule has 0 radical (unpaired) electrons. The van der Waals surface area contributed by atoms with E-state index in [1.807, 2.05) is 6.20 Å². The van der Waals surface area contributed by atoms with Gasteiger partial charge in [0.2, 0.25) is 0 Å². The molecule has 2 nitrogen and oxygen atoms in total. The Morgan fingerprint density at radius 2 is 2.62 bits per heavy atom. The normalized spacial score (nSPS) is 23.2. The molecule has 13 heavy (non-hydrogen) atoms.